The lowest BCUT2D eigenvalue weighted by Gasteiger charge is -2.26. The first kappa shape index (κ1) is 13.5. The molecule has 2 heterocycles. The van der Waals surface area contributed by atoms with E-state index in [0.29, 0.717) is 0 Å². The van der Waals surface area contributed by atoms with Crippen molar-refractivity contribution in [2.45, 2.75) is 26.4 Å². The van der Waals surface area contributed by atoms with Crippen molar-refractivity contribution in [2.75, 3.05) is 39.4 Å². The molecule has 1 N–H and O–H groups in total. The molecule has 18 heavy (non-hydrogen) atoms. The highest BCUT2D eigenvalue weighted by Crippen LogP contribution is 2.03. The van der Waals surface area contributed by atoms with Gasteiger partial charge in [0.2, 0.25) is 0 Å². The third-order valence-electron chi connectivity index (χ3n) is 3.33. The molecule has 0 bridgehead atoms. The van der Waals surface area contributed by atoms with E-state index in [4.69, 9.17) is 4.74 Å². The van der Waals surface area contributed by atoms with Gasteiger partial charge in [-0.25, -0.2) is 4.98 Å². The van der Waals surface area contributed by atoms with Crippen LogP contribution in [-0.2, 0) is 17.8 Å². The Morgan fingerprint density at radius 3 is 2.94 bits per heavy atom. The lowest BCUT2D eigenvalue weighted by Crippen LogP contribution is -2.37. The van der Waals surface area contributed by atoms with Crippen LogP contribution in [0.5, 0.6) is 0 Å². The second-order valence-corrected chi connectivity index (χ2v) is 4.67. The molecule has 1 aliphatic rings. The number of imidazole rings is 1. The van der Waals surface area contributed by atoms with Crippen LogP contribution in [0.15, 0.2) is 12.5 Å². The molecule has 0 unspecified atom stereocenters. The molecule has 5 nitrogen and oxygen atoms in total. The fourth-order valence-corrected chi connectivity index (χ4v) is 2.24. The van der Waals surface area contributed by atoms with E-state index in [2.05, 4.69) is 26.7 Å². The van der Waals surface area contributed by atoms with Gasteiger partial charge >= 0.3 is 0 Å². The quantitative estimate of drug-likeness (QED) is 0.776. The molecule has 5 heteroatoms. The van der Waals surface area contributed by atoms with Gasteiger partial charge in [-0.3, -0.25) is 4.90 Å². The maximum absolute atomic E-state index is 5.35. The molecule has 1 fully saturated rings. The van der Waals surface area contributed by atoms with Crippen molar-refractivity contribution >= 4 is 0 Å². The van der Waals surface area contributed by atoms with Crippen LogP contribution < -0.4 is 5.32 Å². The lowest BCUT2D eigenvalue weighted by atomic mass is 10.3. The van der Waals surface area contributed by atoms with Crippen molar-refractivity contribution in [1.29, 1.82) is 0 Å². The SMILES string of the molecule is CCNCc1cncn1CCCN1CCOCC1. The third kappa shape index (κ3) is 4.08. The van der Waals surface area contributed by atoms with E-state index in [9.17, 15) is 0 Å². The second kappa shape index (κ2) is 7.51. The minimum Gasteiger partial charge on any atom is -0.379 e. The van der Waals surface area contributed by atoms with Gasteiger partial charge in [0.15, 0.2) is 0 Å². The van der Waals surface area contributed by atoms with E-state index in [0.717, 1.165) is 52.5 Å². The number of hydrogen-bond donors (Lipinski definition) is 1. The second-order valence-electron chi connectivity index (χ2n) is 4.67. The zero-order chi connectivity index (χ0) is 12.6. The van der Waals surface area contributed by atoms with E-state index >= 15 is 0 Å². The Bertz CT molecular complexity index is 333. The number of aromatic nitrogens is 2. The molecule has 0 radical (unpaired) electrons. The van der Waals surface area contributed by atoms with Gasteiger partial charge in [0.1, 0.15) is 0 Å². The summed E-state index contributed by atoms with van der Waals surface area (Å²) in [6, 6.07) is 0. The molecular formula is C13H24N4O. The number of nitrogens with zero attached hydrogens (tertiary/aromatic N) is 3. The summed E-state index contributed by atoms with van der Waals surface area (Å²) in [4.78, 5) is 6.71. The highest BCUT2D eigenvalue weighted by atomic mass is 16.5. The highest BCUT2D eigenvalue weighted by Gasteiger charge is 2.09. The number of nitrogens with one attached hydrogen (secondary N) is 1. The van der Waals surface area contributed by atoms with Crippen LogP contribution in [0.25, 0.3) is 0 Å². The van der Waals surface area contributed by atoms with Gasteiger partial charge in [-0.05, 0) is 13.0 Å². The molecule has 0 atom stereocenters. The van der Waals surface area contributed by atoms with Crippen LogP contribution in [0.3, 0.4) is 0 Å². The summed E-state index contributed by atoms with van der Waals surface area (Å²) < 4.78 is 7.60. The van der Waals surface area contributed by atoms with Gasteiger partial charge in [0, 0.05) is 38.9 Å². The summed E-state index contributed by atoms with van der Waals surface area (Å²) in [6.07, 6.45) is 5.07. The van der Waals surface area contributed by atoms with E-state index in [1.165, 1.54) is 12.1 Å². The first-order valence-electron chi connectivity index (χ1n) is 6.90. The molecule has 1 aliphatic heterocycles. The van der Waals surface area contributed by atoms with E-state index in [1.807, 2.05) is 12.5 Å². The minimum atomic E-state index is 0.886. The van der Waals surface area contributed by atoms with Crippen LogP contribution in [0, 0.1) is 0 Å². The summed E-state index contributed by atoms with van der Waals surface area (Å²) in [7, 11) is 0. The summed E-state index contributed by atoms with van der Waals surface area (Å²) in [5.74, 6) is 0. The van der Waals surface area contributed by atoms with Crippen LogP contribution in [0.1, 0.15) is 19.0 Å². The summed E-state index contributed by atoms with van der Waals surface area (Å²) in [6.45, 7) is 10.2. The molecule has 0 saturated carbocycles. The molecule has 0 aliphatic carbocycles. The van der Waals surface area contributed by atoms with Crippen molar-refractivity contribution in [2.24, 2.45) is 0 Å². The molecule has 1 saturated heterocycles. The maximum Gasteiger partial charge on any atom is 0.0948 e. The van der Waals surface area contributed by atoms with E-state index in [-0.39, 0.29) is 0 Å². The third-order valence-corrected chi connectivity index (χ3v) is 3.33. The molecular weight excluding hydrogens is 228 g/mol. The number of morpholine rings is 1. The van der Waals surface area contributed by atoms with Crippen molar-refractivity contribution < 1.29 is 4.74 Å². The van der Waals surface area contributed by atoms with Gasteiger partial charge in [0.05, 0.1) is 25.2 Å². The van der Waals surface area contributed by atoms with Crippen molar-refractivity contribution in [3.8, 4) is 0 Å². The minimum absolute atomic E-state index is 0.886. The largest absolute Gasteiger partial charge is 0.379 e. The van der Waals surface area contributed by atoms with Gasteiger partial charge in [-0.15, -0.1) is 0 Å². The molecule has 1 aromatic heterocycles. The Morgan fingerprint density at radius 1 is 1.33 bits per heavy atom. The van der Waals surface area contributed by atoms with Crippen molar-refractivity contribution in [1.82, 2.24) is 19.8 Å². The normalized spacial score (nSPS) is 17.2. The fraction of sp³-hybridized carbons (Fsp3) is 0.769. The van der Waals surface area contributed by atoms with Crippen molar-refractivity contribution in [3.05, 3.63) is 18.2 Å². The van der Waals surface area contributed by atoms with Crippen LogP contribution in [0.4, 0.5) is 0 Å². The molecule has 1 aromatic rings. The molecule has 2 rings (SSSR count). The highest BCUT2D eigenvalue weighted by molar-refractivity contribution is 4.97. The first-order chi connectivity index (χ1) is 8.90. The number of hydrogen-bond acceptors (Lipinski definition) is 4. The van der Waals surface area contributed by atoms with Gasteiger partial charge in [0.25, 0.3) is 0 Å². The molecule has 0 spiro atoms. The molecule has 102 valence electrons. The lowest BCUT2D eigenvalue weighted by molar-refractivity contribution is 0.0369. The Balaban J connectivity index is 1.70. The number of ether oxygens (including phenoxy) is 1. The van der Waals surface area contributed by atoms with Crippen LogP contribution in [-0.4, -0.2) is 53.8 Å². The van der Waals surface area contributed by atoms with Gasteiger partial charge in [-0.2, -0.15) is 0 Å². The maximum atomic E-state index is 5.35. The summed E-state index contributed by atoms with van der Waals surface area (Å²) in [5.41, 5.74) is 1.28. The Labute approximate surface area is 109 Å². The smallest absolute Gasteiger partial charge is 0.0948 e. The molecule has 0 amide bonds. The monoisotopic (exact) mass is 252 g/mol. The van der Waals surface area contributed by atoms with E-state index < -0.39 is 0 Å². The standard InChI is InChI=1S/C13H24N4O/c1-2-14-10-13-11-15-12-17(13)5-3-4-16-6-8-18-9-7-16/h11-12,14H,2-10H2,1H3. The predicted octanol–water partition coefficient (Wildman–Crippen LogP) is 0.715. The summed E-state index contributed by atoms with van der Waals surface area (Å²) >= 11 is 0. The fourth-order valence-electron chi connectivity index (χ4n) is 2.24. The average Bonchev–Trinajstić information content (AvgIpc) is 2.85. The van der Waals surface area contributed by atoms with Crippen molar-refractivity contribution in [3.63, 3.8) is 0 Å². The van der Waals surface area contributed by atoms with Crippen LogP contribution >= 0.6 is 0 Å². The van der Waals surface area contributed by atoms with E-state index in [1.54, 1.807) is 0 Å². The topological polar surface area (TPSA) is 42.3 Å². The molecule has 0 aromatic carbocycles. The zero-order valence-corrected chi connectivity index (χ0v) is 11.3. The zero-order valence-electron chi connectivity index (χ0n) is 11.3. The average molecular weight is 252 g/mol. The summed E-state index contributed by atoms with van der Waals surface area (Å²) in [5, 5.41) is 3.34. The van der Waals surface area contributed by atoms with Gasteiger partial charge in [-0.1, -0.05) is 6.92 Å². The first-order valence-corrected chi connectivity index (χ1v) is 6.90. The number of rotatable bonds is 7. The number of aryl methyl sites for hydroxylation is 1. The van der Waals surface area contributed by atoms with Gasteiger partial charge < -0.3 is 14.6 Å². The Kier molecular flexibility index (Phi) is 5.64. The predicted molar refractivity (Wildman–Crippen MR) is 71.5 cm³/mol. The van der Waals surface area contributed by atoms with Crippen LogP contribution in [0.2, 0.25) is 0 Å². The Morgan fingerprint density at radius 2 is 2.17 bits per heavy atom. The Hall–Kier alpha value is -0.910.